The van der Waals surface area contributed by atoms with E-state index in [0.29, 0.717) is 10.8 Å². The maximum absolute atomic E-state index is 11.3. The van der Waals surface area contributed by atoms with E-state index < -0.39 is 10.8 Å². The molecule has 0 spiro atoms. The van der Waals surface area contributed by atoms with Crippen molar-refractivity contribution in [2.24, 2.45) is 0 Å². The number of hydrogen-bond donors (Lipinski definition) is 0. The van der Waals surface area contributed by atoms with Gasteiger partial charge in [0, 0.05) is 28.9 Å². The molecule has 2 rings (SSSR count). The van der Waals surface area contributed by atoms with E-state index in [1.807, 2.05) is 25.1 Å². The van der Waals surface area contributed by atoms with Gasteiger partial charge in [-0.1, -0.05) is 17.7 Å². The predicted molar refractivity (Wildman–Crippen MR) is 87.3 cm³/mol. The smallest absolute Gasteiger partial charge is 0.128 e. The van der Waals surface area contributed by atoms with Crippen molar-refractivity contribution in [1.29, 1.82) is 0 Å². The number of nitrogens with zero attached hydrogens (tertiary/aromatic N) is 2. The van der Waals surface area contributed by atoms with Gasteiger partial charge in [0.05, 0.1) is 15.9 Å². The molecule has 0 aliphatic heterocycles. The first-order valence-electron chi connectivity index (χ1n) is 6.52. The molecular weight excluding hydrogens is 315 g/mol. The lowest BCUT2D eigenvalue weighted by Crippen LogP contribution is -2.12. The molecule has 3 nitrogen and oxygen atoms in total. The lowest BCUT2D eigenvalue weighted by Gasteiger charge is -2.18. The van der Waals surface area contributed by atoms with Crippen LogP contribution in [0.5, 0.6) is 0 Å². The molecule has 0 saturated heterocycles. The number of alkyl halides is 1. The summed E-state index contributed by atoms with van der Waals surface area (Å²) in [6.45, 7) is 4.00. The summed E-state index contributed by atoms with van der Waals surface area (Å²) in [5, 5.41) is 0.430. The number of hydrogen-bond acceptors (Lipinski definition) is 2. The van der Waals surface area contributed by atoms with E-state index in [1.165, 1.54) is 0 Å². The molecule has 20 heavy (non-hydrogen) atoms. The van der Waals surface area contributed by atoms with Crippen LogP contribution in [-0.2, 0) is 10.8 Å². The Morgan fingerprint density at radius 1 is 1.40 bits per heavy atom. The molecule has 1 aromatic carbocycles. The molecule has 6 heteroatoms. The Hall–Kier alpha value is -0.580. The zero-order valence-electron chi connectivity index (χ0n) is 11.8. The average Bonchev–Trinajstić information content (AvgIpc) is 2.77. The topological polar surface area (TPSA) is 34.9 Å². The molecule has 0 bridgehead atoms. The predicted octanol–water partition coefficient (Wildman–Crippen LogP) is 4.32. The molecule has 0 radical (unpaired) electrons. The van der Waals surface area contributed by atoms with Crippen molar-refractivity contribution in [1.82, 2.24) is 9.55 Å². The molecule has 3 atom stereocenters. The van der Waals surface area contributed by atoms with Crippen LogP contribution in [0.25, 0.3) is 11.0 Å². The first-order chi connectivity index (χ1) is 9.41. The number of imidazole rings is 1. The zero-order valence-corrected chi connectivity index (χ0v) is 14.1. The second-order valence-corrected chi connectivity index (χ2v) is 7.60. The summed E-state index contributed by atoms with van der Waals surface area (Å²) in [5.74, 6) is 1.47. The van der Waals surface area contributed by atoms with Crippen molar-refractivity contribution in [3.8, 4) is 0 Å². The highest BCUT2D eigenvalue weighted by Gasteiger charge is 2.20. The second-order valence-electron chi connectivity index (χ2n) is 4.98. The highest BCUT2D eigenvalue weighted by Crippen LogP contribution is 2.32. The van der Waals surface area contributed by atoms with Crippen LogP contribution in [0.4, 0.5) is 0 Å². The van der Waals surface area contributed by atoms with E-state index in [4.69, 9.17) is 23.2 Å². The Morgan fingerprint density at radius 3 is 2.70 bits per heavy atom. The number of rotatable bonds is 5. The first-order valence-corrected chi connectivity index (χ1v) is 9.06. The monoisotopic (exact) mass is 332 g/mol. The van der Waals surface area contributed by atoms with Gasteiger partial charge < -0.3 is 4.57 Å². The molecule has 0 N–H and O–H groups in total. The lowest BCUT2D eigenvalue weighted by atomic mass is 10.2. The first kappa shape index (κ1) is 15.8. The summed E-state index contributed by atoms with van der Waals surface area (Å²) < 4.78 is 13.4. The molecule has 1 heterocycles. The zero-order chi connectivity index (χ0) is 14.9. The number of fused-ring (bicyclic) bond motifs is 1. The maximum atomic E-state index is 11.3. The molecule has 0 fully saturated rings. The molecule has 3 unspecified atom stereocenters. The summed E-state index contributed by atoms with van der Waals surface area (Å²) in [5.41, 5.74) is 1.76. The van der Waals surface area contributed by atoms with Crippen molar-refractivity contribution in [2.45, 2.75) is 31.7 Å². The van der Waals surface area contributed by atoms with Gasteiger partial charge in [-0.25, -0.2) is 4.98 Å². The van der Waals surface area contributed by atoms with E-state index in [0.717, 1.165) is 23.3 Å². The van der Waals surface area contributed by atoms with Crippen molar-refractivity contribution in [3.63, 3.8) is 0 Å². The average molecular weight is 333 g/mol. The van der Waals surface area contributed by atoms with Crippen LogP contribution in [0, 0.1) is 0 Å². The number of aromatic nitrogens is 2. The Kier molecular flexibility index (Phi) is 5.10. The van der Waals surface area contributed by atoms with Crippen LogP contribution >= 0.6 is 23.2 Å². The van der Waals surface area contributed by atoms with E-state index >= 15 is 0 Å². The maximum Gasteiger partial charge on any atom is 0.128 e. The Labute approximate surface area is 131 Å². The van der Waals surface area contributed by atoms with Crippen LogP contribution in [-0.4, -0.2) is 25.8 Å². The highest BCUT2D eigenvalue weighted by molar-refractivity contribution is 7.84. The quantitative estimate of drug-likeness (QED) is 0.764. The summed E-state index contributed by atoms with van der Waals surface area (Å²) >= 11 is 12.5. The fraction of sp³-hybridized carbons (Fsp3) is 0.500. The lowest BCUT2D eigenvalue weighted by molar-refractivity contribution is 0.523. The largest absolute Gasteiger partial charge is 0.324 e. The number of halogens is 2. The number of para-hydroxylation sites is 1. The minimum absolute atomic E-state index is 0.179. The SMILES string of the molecule is CC(Cl)c1nc2c(Cl)cccc2n1C(C)CCS(C)=O. The van der Waals surface area contributed by atoms with E-state index in [-0.39, 0.29) is 11.4 Å². The third-order valence-electron chi connectivity index (χ3n) is 3.32. The third-order valence-corrected chi connectivity index (χ3v) is 4.63. The van der Waals surface area contributed by atoms with Gasteiger partial charge >= 0.3 is 0 Å². The second kappa shape index (κ2) is 6.46. The van der Waals surface area contributed by atoms with Crippen molar-refractivity contribution in [2.75, 3.05) is 12.0 Å². The Bertz CT molecular complexity index is 639. The molecule has 2 aromatic rings. The molecule has 0 saturated carbocycles. The van der Waals surface area contributed by atoms with Crippen LogP contribution in [0.3, 0.4) is 0 Å². The normalized spacial score (nSPS) is 16.2. The van der Waals surface area contributed by atoms with Gasteiger partial charge in [0.25, 0.3) is 0 Å². The summed E-state index contributed by atoms with van der Waals surface area (Å²) in [6.07, 6.45) is 2.54. The van der Waals surface area contributed by atoms with Gasteiger partial charge in [0.15, 0.2) is 0 Å². The fourth-order valence-corrected chi connectivity index (χ4v) is 3.35. The third kappa shape index (κ3) is 3.18. The molecule has 0 aliphatic rings. The minimum Gasteiger partial charge on any atom is -0.324 e. The van der Waals surface area contributed by atoms with Crippen LogP contribution in [0.15, 0.2) is 18.2 Å². The Balaban J connectivity index is 2.51. The summed E-state index contributed by atoms with van der Waals surface area (Å²) in [4.78, 5) is 4.58. The number of benzene rings is 1. The minimum atomic E-state index is -0.796. The molecule has 1 aromatic heterocycles. The highest BCUT2D eigenvalue weighted by atomic mass is 35.5. The van der Waals surface area contributed by atoms with E-state index in [1.54, 1.807) is 6.26 Å². The molecule has 110 valence electrons. The van der Waals surface area contributed by atoms with Gasteiger partial charge in [0.1, 0.15) is 11.3 Å². The van der Waals surface area contributed by atoms with Crippen molar-refractivity contribution in [3.05, 3.63) is 29.0 Å². The van der Waals surface area contributed by atoms with Gasteiger partial charge in [0.2, 0.25) is 0 Å². The van der Waals surface area contributed by atoms with Gasteiger partial charge in [-0.3, -0.25) is 4.21 Å². The van der Waals surface area contributed by atoms with Crippen LogP contribution in [0.2, 0.25) is 5.02 Å². The summed E-state index contributed by atoms with van der Waals surface area (Å²) in [6, 6.07) is 5.92. The molecular formula is C14H18Cl2N2OS. The van der Waals surface area contributed by atoms with E-state index in [9.17, 15) is 4.21 Å². The van der Waals surface area contributed by atoms with Crippen molar-refractivity contribution < 1.29 is 4.21 Å². The van der Waals surface area contributed by atoms with Gasteiger partial charge in [-0.2, -0.15) is 0 Å². The van der Waals surface area contributed by atoms with Crippen LogP contribution < -0.4 is 0 Å². The standard InChI is InChI=1S/C14H18Cl2N2OS/c1-9(7-8-20(3)19)18-12-6-4-5-11(16)13(12)17-14(18)10(2)15/h4-6,9-10H,7-8H2,1-3H3. The van der Waals surface area contributed by atoms with Crippen molar-refractivity contribution >= 4 is 45.0 Å². The molecule has 0 amide bonds. The van der Waals surface area contributed by atoms with Gasteiger partial charge in [-0.05, 0) is 32.4 Å². The molecule has 0 aliphatic carbocycles. The summed E-state index contributed by atoms with van der Waals surface area (Å²) in [7, 11) is -0.796. The van der Waals surface area contributed by atoms with Crippen LogP contribution in [0.1, 0.15) is 37.5 Å². The fourth-order valence-electron chi connectivity index (χ4n) is 2.31. The van der Waals surface area contributed by atoms with Gasteiger partial charge in [-0.15, -0.1) is 11.6 Å². The van der Waals surface area contributed by atoms with E-state index in [2.05, 4.69) is 16.5 Å². The Morgan fingerprint density at radius 2 is 2.10 bits per heavy atom.